The monoisotopic (exact) mass is 336 g/mol. The maximum Gasteiger partial charge on any atom is 0.310 e. The Bertz CT molecular complexity index is 602. The average Bonchev–Trinajstić information content (AvgIpc) is 2.55. The van der Waals surface area contributed by atoms with Crippen molar-refractivity contribution < 1.29 is 19.4 Å². The normalized spacial score (nSPS) is 26.5. The Balaban J connectivity index is 1.60. The van der Waals surface area contributed by atoms with Gasteiger partial charge in [-0.1, -0.05) is 0 Å². The summed E-state index contributed by atoms with van der Waals surface area (Å²) in [7, 11) is 0. The van der Waals surface area contributed by atoms with Crippen molar-refractivity contribution in [3.63, 3.8) is 0 Å². The van der Waals surface area contributed by atoms with E-state index in [1.165, 1.54) is 6.07 Å². The second-order valence-electron chi connectivity index (χ2n) is 6.94. The van der Waals surface area contributed by atoms with Crippen LogP contribution in [0, 0.1) is 18.7 Å². The number of halogens is 1. The number of aliphatic hydroxyl groups excluding tert-OH is 1. The molecule has 0 amide bonds. The molecule has 6 heteroatoms. The number of likely N-dealkylation sites (tertiary alicyclic amines) is 1. The predicted octanol–water partition coefficient (Wildman–Crippen LogP) is 1.87. The van der Waals surface area contributed by atoms with Crippen LogP contribution in [0.15, 0.2) is 18.2 Å². The van der Waals surface area contributed by atoms with E-state index in [9.17, 15) is 19.4 Å². The van der Waals surface area contributed by atoms with Gasteiger partial charge in [-0.05, 0) is 49.9 Å². The summed E-state index contributed by atoms with van der Waals surface area (Å²) < 4.78 is 13.3. The third-order valence-corrected chi connectivity index (χ3v) is 5.41. The zero-order chi connectivity index (χ0) is 17.3. The number of hydrogen-bond donors (Lipinski definition) is 2. The van der Waals surface area contributed by atoms with E-state index < -0.39 is 18.0 Å². The Kier molecular flexibility index (Phi) is 5.06. The van der Waals surface area contributed by atoms with Gasteiger partial charge in [0, 0.05) is 37.9 Å². The molecule has 3 rings (SSSR count). The van der Waals surface area contributed by atoms with Crippen LogP contribution in [0.2, 0.25) is 0 Å². The zero-order valence-corrected chi connectivity index (χ0v) is 14.0. The fraction of sp³-hybridized carbons (Fsp3) is 0.611. The van der Waals surface area contributed by atoms with Crippen molar-refractivity contribution in [1.29, 1.82) is 0 Å². The maximum absolute atomic E-state index is 13.3. The molecular weight excluding hydrogens is 311 g/mol. The first-order chi connectivity index (χ1) is 11.5. The van der Waals surface area contributed by atoms with Crippen LogP contribution in [0.25, 0.3) is 0 Å². The Hall–Kier alpha value is -1.66. The summed E-state index contributed by atoms with van der Waals surface area (Å²) in [5, 5.41) is 19.1. The van der Waals surface area contributed by atoms with E-state index in [4.69, 9.17) is 0 Å². The van der Waals surface area contributed by atoms with Gasteiger partial charge in [0.15, 0.2) is 0 Å². The molecule has 0 saturated carbocycles. The summed E-state index contributed by atoms with van der Waals surface area (Å²) in [6.45, 7) is 4.87. The lowest BCUT2D eigenvalue weighted by atomic mass is 9.91. The molecule has 0 bridgehead atoms. The minimum Gasteiger partial charge on any atom is -0.481 e. The number of nitrogens with zero attached hydrogens (tertiary/aromatic N) is 2. The first-order valence-corrected chi connectivity index (χ1v) is 8.61. The smallest absolute Gasteiger partial charge is 0.310 e. The number of carboxylic acid groups (broad SMARTS) is 1. The Morgan fingerprint density at radius 3 is 2.54 bits per heavy atom. The van der Waals surface area contributed by atoms with E-state index in [1.54, 1.807) is 6.07 Å². The van der Waals surface area contributed by atoms with Crippen molar-refractivity contribution in [3.8, 4) is 0 Å². The summed E-state index contributed by atoms with van der Waals surface area (Å²) in [5.41, 5.74) is 2.02. The fourth-order valence-corrected chi connectivity index (χ4v) is 3.98. The molecule has 0 unspecified atom stereocenters. The summed E-state index contributed by atoms with van der Waals surface area (Å²) in [6.07, 6.45) is 1.70. The number of carbonyl (C=O) groups is 1. The van der Waals surface area contributed by atoms with E-state index >= 15 is 0 Å². The molecule has 0 aromatic heterocycles. The van der Waals surface area contributed by atoms with Crippen LogP contribution in [-0.4, -0.2) is 59.4 Å². The van der Waals surface area contributed by atoms with Crippen LogP contribution < -0.4 is 4.90 Å². The molecular formula is C18H25FN2O3. The van der Waals surface area contributed by atoms with Crippen LogP contribution >= 0.6 is 0 Å². The third kappa shape index (κ3) is 3.54. The third-order valence-electron chi connectivity index (χ3n) is 5.41. The van der Waals surface area contributed by atoms with Crippen molar-refractivity contribution in [2.45, 2.75) is 38.3 Å². The van der Waals surface area contributed by atoms with Gasteiger partial charge in [0.2, 0.25) is 0 Å². The molecule has 5 nitrogen and oxygen atoms in total. The van der Waals surface area contributed by atoms with Gasteiger partial charge in [0.25, 0.3) is 0 Å². The van der Waals surface area contributed by atoms with E-state index in [2.05, 4.69) is 9.80 Å². The standard InChI is InChI=1S/C18H25FN2O3/c1-12-10-13(19)2-3-16(12)20-7-4-14(5-8-20)21-9-6-17(22)15(11-21)18(23)24/h2-3,10,14-15,17,22H,4-9,11H2,1H3,(H,23,24)/t15-,17-/m1/s1. The van der Waals surface area contributed by atoms with Crippen LogP contribution in [0.3, 0.4) is 0 Å². The first kappa shape index (κ1) is 17.2. The van der Waals surface area contributed by atoms with Gasteiger partial charge in [-0.2, -0.15) is 0 Å². The SMILES string of the molecule is Cc1cc(F)ccc1N1CCC(N2CC[C@@H](O)[C@H](C(=O)O)C2)CC1. The number of benzene rings is 1. The quantitative estimate of drug-likeness (QED) is 0.882. The number of aliphatic hydroxyl groups is 1. The minimum atomic E-state index is -0.911. The van der Waals surface area contributed by atoms with Gasteiger partial charge in [0.1, 0.15) is 5.82 Å². The number of aliphatic carboxylic acids is 1. The highest BCUT2D eigenvalue weighted by atomic mass is 19.1. The Morgan fingerprint density at radius 1 is 1.21 bits per heavy atom. The molecule has 1 aromatic carbocycles. The topological polar surface area (TPSA) is 64.0 Å². The van der Waals surface area contributed by atoms with Crippen LogP contribution in [-0.2, 0) is 4.79 Å². The molecule has 24 heavy (non-hydrogen) atoms. The molecule has 2 heterocycles. The lowest BCUT2D eigenvalue weighted by Gasteiger charge is -2.43. The highest BCUT2D eigenvalue weighted by molar-refractivity contribution is 5.71. The Labute approximate surface area is 141 Å². The van der Waals surface area contributed by atoms with Crippen LogP contribution in [0.5, 0.6) is 0 Å². The van der Waals surface area contributed by atoms with E-state index in [0.717, 1.165) is 43.7 Å². The molecule has 2 saturated heterocycles. The molecule has 2 aliphatic rings. The number of aryl methyl sites for hydroxylation is 1. The molecule has 2 atom stereocenters. The van der Waals surface area contributed by atoms with Gasteiger partial charge in [-0.15, -0.1) is 0 Å². The van der Waals surface area contributed by atoms with Crippen LogP contribution in [0.4, 0.5) is 10.1 Å². The van der Waals surface area contributed by atoms with Gasteiger partial charge >= 0.3 is 5.97 Å². The van der Waals surface area contributed by atoms with Crippen molar-refractivity contribution in [2.24, 2.45) is 5.92 Å². The minimum absolute atomic E-state index is 0.210. The molecule has 0 aliphatic carbocycles. The molecule has 2 fully saturated rings. The second kappa shape index (κ2) is 7.07. The average molecular weight is 336 g/mol. The second-order valence-corrected chi connectivity index (χ2v) is 6.94. The summed E-state index contributed by atoms with van der Waals surface area (Å²) in [6, 6.07) is 5.25. The molecule has 0 radical (unpaired) electrons. The van der Waals surface area contributed by atoms with E-state index in [0.29, 0.717) is 19.0 Å². The van der Waals surface area contributed by atoms with Crippen molar-refractivity contribution in [3.05, 3.63) is 29.6 Å². The van der Waals surface area contributed by atoms with Gasteiger partial charge in [0.05, 0.1) is 12.0 Å². The number of anilines is 1. The highest BCUT2D eigenvalue weighted by Crippen LogP contribution is 2.28. The van der Waals surface area contributed by atoms with Crippen LogP contribution in [0.1, 0.15) is 24.8 Å². The largest absolute Gasteiger partial charge is 0.481 e. The summed E-state index contributed by atoms with van der Waals surface area (Å²) >= 11 is 0. The van der Waals surface area contributed by atoms with Crippen molar-refractivity contribution in [1.82, 2.24) is 4.90 Å². The summed E-state index contributed by atoms with van der Waals surface area (Å²) in [5.74, 6) is -1.81. The van der Waals surface area contributed by atoms with Gasteiger partial charge < -0.3 is 15.1 Å². The molecule has 2 N–H and O–H groups in total. The molecule has 132 valence electrons. The number of rotatable bonds is 3. The Morgan fingerprint density at radius 2 is 1.92 bits per heavy atom. The van der Waals surface area contributed by atoms with Crippen molar-refractivity contribution in [2.75, 3.05) is 31.1 Å². The number of carboxylic acids is 1. The summed E-state index contributed by atoms with van der Waals surface area (Å²) in [4.78, 5) is 15.8. The molecule has 2 aliphatic heterocycles. The number of piperidine rings is 2. The zero-order valence-electron chi connectivity index (χ0n) is 14.0. The van der Waals surface area contributed by atoms with E-state index in [1.807, 2.05) is 13.0 Å². The lowest BCUT2D eigenvalue weighted by Crippen LogP contribution is -2.53. The fourth-order valence-electron chi connectivity index (χ4n) is 3.98. The number of hydrogen-bond acceptors (Lipinski definition) is 4. The molecule has 1 aromatic rings. The molecule has 0 spiro atoms. The van der Waals surface area contributed by atoms with Gasteiger partial charge in [-0.25, -0.2) is 4.39 Å². The lowest BCUT2D eigenvalue weighted by molar-refractivity contribution is -0.149. The first-order valence-electron chi connectivity index (χ1n) is 8.61. The van der Waals surface area contributed by atoms with Gasteiger partial charge in [-0.3, -0.25) is 9.69 Å². The highest BCUT2D eigenvalue weighted by Gasteiger charge is 2.36. The van der Waals surface area contributed by atoms with E-state index in [-0.39, 0.29) is 5.82 Å². The van der Waals surface area contributed by atoms with Crippen molar-refractivity contribution >= 4 is 11.7 Å². The maximum atomic E-state index is 13.3. The predicted molar refractivity (Wildman–Crippen MR) is 89.7 cm³/mol.